The van der Waals surface area contributed by atoms with Crippen LogP contribution in [0.1, 0.15) is 22.8 Å². The molecule has 0 spiro atoms. The third-order valence-electron chi connectivity index (χ3n) is 3.44. The second kappa shape index (κ2) is 5.64. The van der Waals surface area contributed by atoms with Gasteiger partial charge in [-0.1, -0.05) is 12.1 Å². The Balaban J connectivity index is 1.85. The Bertz CT molecular complexity index is 750. The molecule has 112 valence electrons. The summed E-state index contributed by atoms with van der Waals surface area (Å²) in [6, 6.07) is 9.75. The zero-order valence-electron chi connectivity index (χ0n) is 11.4. The van der Waals surface area contributed by atoms with Crippen molar-refractivity contribution in [2.75, 3.05) is 7.11 Å². The molecule has 0 saturated carbocycles. The number of methoxy groups -OCH3 is 1. The van der Waals surface area contributed by atoms with Gasteiger partial charge >= 0.3 is 0 Å². The molecule has 1 unspecified atom stereocenters. The number of primary sulfonamides is 1. The first kappa shape index (κ1) is 14.9. The third-order valence-corrected chi connectivity index (χ3v) is 7.64. The van der Waals surface area contributed by atoms with E-state index < -0.39 is 10.0 Å². The molecule has 1 aliphatic rings. The summed E-state index contributed by atoms with van der Waals surface area (Å²) in [4.78, 5) is 0. The maximum absolute atomic E-state index is 11.4. The van der Waals surface area contributed by atoms with E-state index in [1.165, 1.54) is 16.9 Å². The summed E-state index contributed by atoms with van der Waals surface area (Å²) in [5, 5.41) is 5.55. The van der Waals surface area contributed by atoms with E-state index in [0.717, 1.165) is 28.4 Å². The molecule has 0 saturated heterocycles. The van der Waals surface area contributed by atoms with Crippen molar-refractivity contribution >= 4 is 33.1 Å². The highest BCUT2D eigenvalue weighted by molar-refractivity contribution is 8.02. The smallest absolute Gasteiger partial charge is 0.247 e. The van der Waals surface area contributed by atoms with E-state index >= 15 is 0 Å². The van der Waals surface area contributed by atoms with Gasteiger partial charge in [0.05, 0.1) is 11.3 Å². The van der Waals surface area contributed by atoms with Gasteiger partial charge in [-0.15, -0.1) is 23.1 Å². The van der Waals surface area contributed by atoms with Crippen molar-refractivity contribution in [3.05, 3.63) is 41.5 Å². The number of benzene rings is 1. The predicted octanol–water partition coefficient (Wildman–Crippen LogP) is 3.18. The molecule has 1 aromatic heterocycles. The number of ether oxygens (including phenoxy) is 1. The van der Waals surface area contributed by atoms with Crippen molar-refractivity contribution in [3.8, 4) is 5.75 Å². The minimum Gasteiger partial charge on any atom is -0.497 e. The summed E-state index contributed by atoms with van der Waals surface area (Å²) in [6.45, 7) is 0. The fourth-order valence-electron chi connectivity index (χ4n) is 2.33. The minimum absolute atomic E-state index is 0.260. The van der Waals surface area contributed by atoms with Gasteiger partial charge in [-0.05, 0) is 42.2 Å². The molecule has 0 fully saturated rings. The summed E-state index contributed by atoms with van der Waals surface area (Å²) in [5.41, 5.74) is 2.33. The Labute approximate surface area is 132 Å². The van der Waals surface area contributed by atoms with Gasteiger partial charge in [0.1, 0.15) is 9.96 Å². The van der Waals surface area contributed by atoms with Crippen LogP contribution in [-0.2, 0) is 16.4 Å². The minimum atomic E-state index is -3.60. The van der Waals surface area contributed by atoms with Gasteiger partial charge in [-0.2, -0.15) is 0 Å². The Hall–Kier alpha value is -1.02. The van der Waals surface area contributed by atoms with Crippen LogP contribution in [-0.4, -0.2) is 15.5 Å². The first-order valence-electron chi connectivity index (χ1n) is 6.43. The van der Waals surface area contributed by atoms with E-state index in [1.807, 2.05) is 12.1 Å². The highest BCUT2D eigenvalue weighted by Gasteiger charge is 2.25. The van der Waals surface area contributed by atoms with Crippen LogP contribution in [0.5, 0.6) is 5.75 Å². The Kier molecular flexibility index (Phi) is 4.00. The lowest BCUT2D eigenvalue weighted by Crippen LogP contribution is -2.10. The predicted molar refractivity (Wildman–Crippen MR) is 85.6 cm³/mol. The van der Waals surface area contributed by atoms with Crippen LogP contribution in [0.25, 0.3) is 0 Å². The molecule has 2 aromatic rings. The SMILES string of the molecule is COc1ccc(C2CCc3cc(S(N)(=O)=O)sc3S2)cc1. The quantitative estimate of drug-likeness (QED) is 0.931. The molecule has 3 rings (SSSR count). The topological polar surface area (TPSA) is 69.4 Å². The number of aryl methyl sites for hydroxylation is 1. The number of rotatable bonds is 3. The fourth-order valence-corrected chi connectivity index (χ4v) is 6.10. The molecule has 1 aromatic carbocycles. The van der Waals surface area contributed by atoms with Gasteiger partial charge < -0.3 is 4.74 Å². The van der Waals surface area contributed by atoms with Gasteiger partial charge in [-0.3, -0.25) is 0 Å². The molecule has 0 bridgehead atoms. The average Bonchev–Trinajstić information content (AvgIpc) is 2.90. The number of fused-ring (bicyclic) bond motifs is 1. The van der Waals surface area contributed by atoms with Crippen LogP contribution in [0, 0.1) is 0 Å². The summed E-state index contributed by atoms with van der Waals surface area (Å²) in [5.74, 6) is 0.841. The van der Waals surface area contributed by atoms with Crippen LogP contribution >= 0.6 is 23.1 Å². The lowest BCUT2D eigenvalue weighted by molar-refractivity contribution is 0.414. The lowest BCUT2D eigenvalue weighted by atomic mass is 10.0. The van der Waals surface area contributed by atoms with Crippen molar-refractivity contribution in [1.29, 1.82) is 0 Å². The molecular formula is C14H15NO3S3. The van der Waals surface area contributed by atoms with Gasteiger partial charge in [0.2, 0.25) is 10.0 Å². The van der Waals surface area contributed by atoms with E-state index in [1.54, 1.807) is 24.9 Å². The maximum Gasteiger partial charge on any atom is 0.247 e. The number of hydrogen-bond acceptors (Lipinski definition) is 5. The van der Waals surface area contributed by atoms with E-state index in [2.05, 4.69) is 12.1 Å². The van der Waals surface area contributed by atoms with Gasteiger partial charge in [-0.25, -0.2) is 13.6 Å². The number of nitrogens with two attached hydrogens (primary N) is 1. The van der Waals surface area contributed by atoms with E-state index in [0.29, 0.717) is 5.25 Å². The molecular weight excluding hydrogens is 326 g/mol. The Morgan fingerprint density at radius 2 is 2.00 bits per heavy atom. The lowest BCUT2D eigenvalue weighted by Gasteiger charge is -2.21. The van der Waals surface area contributed by atoms with Crippen LogP contribution < -0.4 is 9.88 Å². The monoisotopic (exact) mass is 341 g/mol. The number of thioether (sulfide) groups is 1. The molecule has 21 heavy (non-hydrogen) atoms. The summed E-state index contributed by atoms with van der Waals surface area (Å²) >= 11 is 2.99. The van der Waals surface area contributed by atoms with Gasteiger partial charge in [0.15, 0.2) is 0 Å². The normalized spacial score (nSPS) is 18.3. The molecule has 0 aliphatic carbocycles. The second-order valence-corrected chi connectivity index (χ2v) is 9.15. The van der Waals surface area contributed by atoms with Crippen molar-refractivity contribution in [3.63, 3.8) is 0 Å². The van der Waals surface area contributed by atoms with Crippen LogP contribution in [0.15, 0.2) is 38.8 Å². The third kappa shape index (κ3) is 3.11. The van der Waals surface area contributed by atoms with Crippen LogP contribution in [0.2, 0.25) is 0 Å². The summed E-state index contributed by atoms with van der Waals surface area (Å²) < 4.78 is 29.4. The molecule has 1 aliphatic heterocycles. The Morgan fingerprint density at radius 1 is 1.29 bits per heavy atom. The molecule has 0 radical (unpaired) electrons. The van der Waals surface area contributed by atoms with E-state index in [4.69, 9.17) is 9.88 Å². The standard InChI is InChI=1S/C14H15NO3S3/c1-18-11-5-2-9(3-6-11)12-7-4-10-8-13(21(15,16)17)20-14(10)19-12/h2-3,5-6,8,12H,4,7H2,1H3,(H2,15,16,17). The fraction of sp³-hybridized carbons (Fsp3) is 0.286. The van der Waals surface area contributed by atoms with Crippen LogP contribution in [0.3, 0.4) is 0 Å². The molecule has 0 amide bonds. The number of hydrogen-bond donors (Lipinski definition) is 1. The summed E-state index contributed by atoms with van der Waals surface area (Å²) in [6.07, 6.45) is 1.87. The first-order chi connectivity index (χ1) is 9.97. The average molecular weight is 341 g/mol. The Morgan fingerprint density at radius 3 is 2.62 bits per heavy atom. The zero-order valence-corrected chi connectivity index (χ0v) is 13.9. The van der Waals surface area contributed by atoms with Gasteiger partial charge in [0, 0.05) is 5.25 Å². The molecule has 7 heteroatoms. The first-order valence-corrected chi connectivity index (χ1v) is 9.68. The molecule has 2 N–H and O–H groups in total. The van der Waals surface area contributed by atoms with Crippen molar-refractivity contribution < 1.29 is 13.2 Å². The number of sulfonamides is 1. The van der Waals surface area contributed by atoms with E-state index in [-0.39, 0.29) is 4.21 Å². The van der Waals surface area contributed by atoms with Crippen molar-refractivity contribution in [2.45, 2.75) is 26.5 Å². The van der Waals surface area contributed by atoms with E-state index in [9.17, 15) is 8.42 Å². The largest absolute Gasteiger partial charge is 0.497 e. The maximum atomic E-state index is 11.4. The van der Waals surface area contributed by atoms with Crippen molar-refractivity contribution in [2.24, 2.45) is 5.14 Å². The van der Waals surface area contributed by atoms with Crippen LogP contribution in [0.4, 0.5) is 0 Å². The highest BCUT2D eigenvalue weighted by atomic mass is 32.3. The second-order valence-electron chi connectivity index (χ2n) is 4.84. The highest BCUT2D eigenvalue weighted by Crippen LogP contribution is 2.48. The molecule has 1 atom stereocenters. The molecule has 4 nitrogen and oxygen atoms in total. The molecule has 2 heterocycles. The number of thiophene rings is 1. The van der Waals surface area contributed by atoms with Gasteiger partial charge in [0.25, 0.3) is 0 Å². The summed E-state index contributed by atoms with van der Waals surface area (Å²) in [7, 11) is -1.95. The zero-order chi connectivity index (χ0) is 15.0. The van der Waals surface area contributed by atoms with Crippen molar-refractivity contribution in [1.82, 2.24) is 0 Å².